The fourth-order valence-electron chi connectivity index (χ4n) is 4.31. The molecule has 2 fully saturated rings. The average Bonchev–Trinajstić information content (AvgIpc) is 3.32. The van der Waals surface area contributed by atoms with Crippen molar-refractivity contribution < 1.29 is 14.4 Å². The zero-order valence-corrected chi connectivity index (χ0v) is 19.4. The number of rotatable bonds is 5. The van der Waals surface area contributed by atoms with Crippen LogP contribution in [0.25, 0.3) is 0 Å². The summed E-state index contributed by atoms with van der Waals surface area (Å²) >= 11 is 12.2. The number of imide groups is 1. The molecule has 4 rings (SSSR count). The van der Waals surface area contributed by atoms with Crippen LogP contribution < -0.4 is 15.5 Å². The summed E-state index contributed by atoms with van der Waals surface area (Å²) in [5.41, 5.74) is 1.87. The number of aryl methyl sites for hydroxylation is 1. The van der Waals surface area contributed by atoms with Crippen molar-refractivity contribution in [2.45, 2.75) is 32.2 Å². The van der Waals surface area contributed by atoms with Gasteiger partial charge in [-0.3, -0.25) is 14.5 Å². The Labute approximate surface area is 196 Å². The van der Waals surface area contributed by atoms with E-state index >= 15 is 0 Å². The number of amides is 4. The van der Waals surface area contributed by atoms with Gasteiger partial charge in [-0.1, -0.05) is 29.3 Å². The maximum absolute atomic E-state index is 13.1. The lowest BCUT2D eigenvalue weighted by Crippen LogP contribution is -2.42. The summed E-state index contributed by atoms with van der Waals surface area (Å²) in [6.45, 7) is 5.23. The molecule has 2 saturated heterocycles. The topological polar surface area (TPSA) is 81.8 Å². The molecule has 2 aliphatic heterocycles. The Hall–Kier alpha value is -2.77. The van der Waals surface area contributed by atoms with Crippen LogP contribution in [0.2, 0.25) is 10.0 Å². The number of carbonyl (C=O) groups excluding carboxylic acids is 3. The van der Waals surface area contributed by atoms with E-state index in [1.807, 2.05) is 25.1 Å². The second kappa shape index (κ2) is 8.64. The first-order valence-corrected chi connectivity index (χ1v) is 11.2. The molecule has 2 aromatic rings. The summed E-state index contributed by atoms with van der Waals surface area (Å²) in [6.07, 6.45) is 2.37. The fourth-order valence-corrected chi connectivity index (χ4v) is 4.91. The Kier molecular flexibility index (Phi) is 6.05. The minimum absolute atomic E-state index is 0.258. The number of hydrogen-bond donors (Lipinski definition) is 2. The molecule has 4 amide bonds. The maximum atomic E-state index is 13.1. The van der Waals surface area contributed by atoms with E-state index < -0.39 is 29.9 Å². The molecule has 0 bridgehead atoms. The highest BCUT2D eigenvalue weighted by atomic mass is 35.5. The van der Waals surface area contributed by atoms with Gasteiger partial charge >= 0.3 is 6.03 Å². The van der Waals surface area contributed by atoms with Crippen LogP contribution in [0, 0.1) is 6.92 Å². The lowest BCUT2D eigenvalue weighted by atomic mass is 9.92. The third-order valence-electron chi connectivity index (χ3n) is 5.97. The van der Waals surface area contributed by atoms with E-state index in [9.17, 15) is 14.4 Å². The zero-order valence-electron chi connectivity index (χ0n) is 17.9. The van der Waals surface area contributed by atoms with Crippen LogP contribution in [0.3, 0.4) is 0 Å². The summed E-state index contributed by atoms with van der Waals surface area (Å²) in [7, 11) is 0. The molecule has 2 N–H and O–H groups in total. The molecule has 7 nitrogen and oxygen atoms in total. The molecule has 168 valence electrons. The van der Waals surface area contributed by atoms with Crippen LogP contribution >= 0.6 is 23.2 Å². The molecule has 2 aliphatic rings. The fraction of sp³-hybridized carbons (Fsp3) is 0.348. The Bertz CT molecular complexity index is 1100. The van der Waals surface area contributed by atoms with Gasteiger partial charge in [-0.25, -0.2) is 4.79 Å². The molecule has 0 radical (unpaired) electrons. The second-order valence-electron chi connectivity index (χ2n) is 8.31. The van der Waals surface area contributed by atoms with Crippen LogP contribution in [-0.4, -0.2) is 42.4 Å². The Morgan fingerprint density at radius 2 is 1.84 bits per heavy atom. The van der Waals surface area contributed by atoms with Gasteiger partial charge in [0.25, 0.3) is 5.91 Å². The van der Waals surface area contributed by atoms with Crippen molar-refractivity contribution in [3.05, 3.63) is 57.6 Å². The van der Waals surface area contributed by atoms with Crippen LogP contribution in [0.1, 0.15) is 30.9 Å². The van der Waals surface area contributed by atoms with E-state index in [0.717, 1.165) is 29.2 Å². The van der Waals surface area contributed by atoms with Gasteiger partial charge in [0.05, 0.1) is 0 Å². The summed E-state index contributed by atoms with van der Waals surface area (Å²) in [6, 6.07) is 9.76. The SMILES string of the molecule is Cc1cc(NC(=O)CN2C(=O)N[C@](C)(c3ccc(Cl)cc3Cl)C2=O)ccc1N1CCCC1. The quantitative estimate of drug-likeness (QED) is 0.632. The third kappa shape index (κ3) is 4.14. The predicted molar refractivity (Wildman–Crippen MR) is 125 cm³/mol. The first-order valence-electron chi connectivity index (χ1n) is 10.4. The van der Waals surface area contributed by atoms with Gasteiger partial charge in [0.1, 0.15) is 12.1 Å². The minimum Gasteiger partial charge on any atom is -0.371 e. The van der Waals surface area contributed by atoms with Gasteiger partial charge in [0, 0.05) is 40.1 Å². The summed E-state index contributed by atoms with van der Waals surface area (Å²) in [4.78, 5) is 41.5. The van der Waals surface area contributed by atoms with Crippen molar-refractivity contribution in [3.8, 4) is 0 Å². The van der Waals surface area contributed by atoms with Gasteiger partial charge in [0.15, 0.2) is 0 Å². The molecule has 0 aliphatic carbocycles. The molecule has 0 unspecified atom stereocenters. The van der Waals surface area contributed by atoms with E-state index in [4.69, 9.17) is 23.2 Å². The van der Waals surface area contributed by atoms with Gasteiger partial charge in [-0.2, -0.15) is 0 Å². The number of carbonyl (C=O) groups is 3. The van der Waals surface area contributed by atoms with Crippen LogP contribution in [0.15, 0.2) is 36.4 Å². The monoisotopic (exact) mass is 474 g/mol. The van der Waals surface area contributed by atoms with Crippen LogP contribution in [-0.2, 0) is 15.1 Å². The molecular weight excluding hydrogens is 451 g/mol. The van der Waals surface area contributed by atoms with Gasteiger partial charge in [-0.15, -0.1) is 0 Å². The molecular formula is C23H24Cl2N4O3. The van der Waals surface area contributed by atoms with Crippen molar-refractivity contribution in [1.29, 1.82) is 0 Å². The van der Waals surface area contributed by atoms with E-state index in [2.05, 4.69) is 15.5 Å². The second-order valence-corrected chi connectivity index (χ2v) is 9.16. The number of hydrogen-bond acceptors (Lipinski definition) is 4. The lowest BCUT2D eigenvalue weighted by Gasteiger charge is -2.23. The summed E-state index contributed by atoms with van der Waals surface area (Å²) in [5.74, 6) is -1.02. The van der Waals surface area contributed by atoms with Gasteiger partial charge < -0.3 is 15.5 Å². The van der Waals surface area contributed by atoms with Crippen LogP contribution in [0.5, 0.6) is 0 Å². The van der Waals surface area contributed by atoms with Crippen molar-refractivity contribution in [1.82, 2.24) is 10.2 Å². The van der Waals surface area contributed by atoms with Crippen molar-refractivity contribution in [2.24, 2.45) is 0 Å². The third-order valence-corrected chi connectivity index (χ3v) is 6.52. The largest absolute Gasteiger partial charge is 0.371 e. The molecule has 2 heterocycles. The molecule has 0 saturated carbocycles. The standard InChI is InChI=1S/C23H24Cl2N4O3/c1-14-11-16(6-8-19(14)28-9-3-4-10-28)26-20(30)13-29-21(31)23(2,27-22(29)32)17-7-5-15(24)12-18(17)25/h5-8,11-12H,3-4,9-10,13H2,1-2H3,(H,26,30)(H,27,32)/t23-/m1/s1. The van der Waals surface area contributed by atoms with Gasteiger partial charge in [0.2, 0.25) is 5.91 Å². The van der Waals surface area contributed by atoms with E-state index in [0.29, 0.717) is 16.3 Å². The Morgan fingerprint density at radius 3 is 2.50 bits per heavy atom. The number of benzene rings is 2. The highest BCUT2D eigenvalue weighted by Gasteiger charge is 2.50. The Morgan fingerprint density at radius 1 is 1.12 bits per heavy atom. The number of urea groups is 1. The first kappa shape index (κ1) is 22.4. The smallest absolute Gasteiger partial charge is 0.325 e. The average molecular weight is 475 g/mol. The molecule has 32 heavy (non-hydrogen) atoms. The maximum Gasteiger partial charge on any atom is 0.325 e. The molecule has 0 aromatic heterocycles. The Balaban J connectivity index is 1.46. The summed E-state index contributed by atoms with van der Waals surface area (Å²) in [5, 5.41) is 6.10. The lowest BCUT2D eigenvalue weighted by molar-refractivity contribution is -0.133. The van der Waals surface area contributed by atoms with Crippen LogP contribution in [0.4, 0.5) is 16.2 Å². The number of halogens is 2. The molecule has 0 spiro atoms. The highest BCUT2D eigenvalue weighted by molar-refractivity contribution is 6.35. The minimum atomic E-state index is -1.38. The normalized spacial score (nSPS) is 20.6. The predicted octanol–water partition coefficient (Wildman–Crippen LogP) is 4.31. The molecule has 2 aromatic carbocycles. The van der Waals surface area contributed by atoms with Crippen molar-refractivity contribution in [2.75, 3.05) is 29.9 Å². The van der Waals surface area contributed by atoms with Gasteiger partial charge in [-0.05, 0) is 62.6 Å². The summed E-state index contributed by atoms with van der Waals surface area (Å²) < 4.78 is 0. The number of nitrogens with one attached hydrogen (secondary N) is 2. The number of anilines is 2. The van der Waals surface area contributed by atoms with Crippen molar-refractivity contribution in [3.63, 3.8) is 0 Å². The molecule has 1 atom stereocenters. The van der Waals surface area contributed by atoms with Crippen molar-refractivity contribution >= 4 is 52.4 Å². The molecule has 9 heteroatoms. The van der Waals surface area contributed by atoms with E-state index in [-0.39, 0.29) is 5.02 Å². The van der Waals surface area contributed by atoms with E-state index in [1.54, 1.807) is 19.1 Å². The van der Waals surface area contributed by atoms with E-state index in [1.165, 1.54) is 18.9 Å². The first-order chi connectivity index (χ1) is 15.2. The number of nitrogens with zero attached hydrogens (tertiary/aromatic N) is 2. The zero-order chi connectivity index (χ0) is 23.0. The highest BCUT2D eigenvalue weighted by Crippen LogP contribution is 2.35.